The highest BCUT2D eigenvalue weighted by atomic mass is 16.4. The molecule has 11 nitrogen and oxygen atoms in total. The van der Waals surface area contributed by atoms with Gasteiger partial charge in [-0.15, -0.1) is 0 Å². The first-order valence-corrected chi connectivity index (χ1v) is 11.4. The number of carboxylic acids is 2. The number of amides is 2. The van der Waals surface area contributed by atoms with E-state index in [-0.39, 0.29) is 23.8 Å². The zero-order valence-corrected chi connectivity index (χ0v) is 21.3. The molecule has 2 rings (SSSR count). The Bertz CT molecular complexity index is 1040. The van der Waals surface area contributed by atoms with Crippen LogP contribution in [0, 0.1) is 11.3 Å². The van der Waals surface area contributed by atoms with Crippen LogP contribution in [-0.2, 0) is 20.9 Å². The largest absolute Gasteiger partial charge is 0.473 e. The second kappa shape index (κ2) is 17.2. The van der Waals surface area contributed by atoms with Crippen molar-refractivity contribution in [2.45, 2.75) is 20.4 Å². The molecule has 0 bridgehead atoms. The number of carbonyl (C=O) groups is 4. The molecular formula is C26H34N4O7. The molecule has 0 fully saturated rings. The zero-order valence-electron chi connectivity index (χ0n) is 21.3. The van der Waals surface area contributed by atoms with Gasteiger partial charge in [0.2, 0.25) is 5.91 Å². The second-order valence-electron chi connectivity index (χ2n) is 7.79. The molecule has 0 radical (unpaired) electrons. The van der Waals surface area contributed by atoms with Crippen LogP contribution < -0.4 is 0 Å². The maximum Gasteiger partial charge on any atom is 0.414 e. The Balaban J connectivity index is 0.00000165. The molecule has 2 amide bonds. The van der Waals surface area contributed by atoms with Crippen LogP contribution in [0.25, 0.3) is 0 Å². The lowest BCUT2D eigenvalue weighted by Gasteiger charge is -2.28. The highest BCUT2D eigenvalue weighted by Gasteiger charge is 2.21. The molecule has 37 heavy (non-hydrogen) atoms. The first-order chi connectivity index (χ1) is 17.1. The smallest absolute Gasteiger partial charge is 0.414 e. The molecule has 0 saturated heterocycles. The third kappa shape index (κ3) is 11.8. The Kier molecular flexibility index (Phi) is 15.2. The maximum atomic E-state index is 13.1. The Labute approximate surface area is 216 Å². The second-order valence-corrected chi connectivity index (χ2v) is 7.79. The van der Waals surface area contributed by atoms with E-state index in [0.717, 1.165) is 18.7 Å². The normalized spacial score (nSPS) is 9.70. The van der Waals surface area contributed by atoms with Gasteiger partial charge in [-0.2, -0.15) is 5.26 Å². The molecule has 200 valence electrons. The van der Waals surface area contributed by atoms with E-state index >= 15 is 0 Å². The summed E-state index contributed by atoms with van der Waals surface area (Å²) in [5, 5.41) is 23.8. The van der Waals surface area contributed by atoms with E-state index in [9.17, 15) is 9.59 Å². The van der Waals surface area contributed by atoms with Gasteiger partial charge in [-0.3, -0.25) is 9.59 Å². The van der Waals surface area contributed by atoms with Gasteiger partial charge in [0.1, 0.15) is 6.54 Å². The van der Waals surface area contributed by atoms with Crippen molar-refractivity contribution < 1.29 is 34.9 Å². The minimum absolute atomic E-state index is 0. The molecule has 0 heterocycles. The van der Waals surface area contributed by atoms with Crippen molar-refractivity contribution in [2.24, 2.45) is 0 Å². The van der Waals surface area contributed by atoms with E-state index in [0.29, 0.717) is 30.8 Å². The van der Waals surface area contributed by atoms with Crippen LogP contribution in [0.5, 0.6) is 0 Å². The lowest BCUT2D eigenvalue weighted by atomic mass is 10.1. The molecule has 0 aliphatic heterocycles. The number of likely N-dealkylation sites (N-methyl/N-ethyl adjacent to an activating group) is 2. The molecule has 2 aromatic rings. The summed E-state index contributed by atoms with van der Waals surface area (Å²) in [5.74, 6) is -3.96. The van der Waals surface area contributed by atoms with Crippen molar-refractivity contribution in [1.82, 2.24) is 14.7 Å². The lowest BCUT2D eigenvalue weighted by Crippen LogP contribution is -2.44. The molecule has 11 heteroatoms. The van der Waals surface area contributed by atoms with E-state index in [1.807, 2.05) is 30.3 Å². The van der Waals surface area contributed by atoms with Gasteiger partial charge in [0, 0.05) is 32.2 Å². The molecule has 2 aromatic carbocycles. The van der Waals surface area contributed by atoms with Crippen molar-refractivity contribution in [2.75, 3.05) is 39.8 Å². The standard InChI is InChI=1S/C24H30N4O2.C2H2O4.H2O/c1-4-27(5-2)15-16-28(24(30)22-13-11-20(17-25)12-14-22)19-23(29)26(3)18-21-9-7-6-8-10-21;3-1(4)2(5)6;/h6-14H,4-5,15-16,18-19H2,1-3H3;(H,3,4)(H,5,6);1H2. The maximum absolute atomic E-state index is 13.1. The SMILES string of the molecule is CCN(CC)CCN(CC(=O)N(C)Cc1ccccc1)C(=O)c1ccc(C#N)cc1.O.O=C(O)C(=O)O. The molecule has 0 unspecified atom stereocenters. The van der Waals surface area contributed by atoms with Crippen molar-refractivity contribution in [3.8, 4) is 6.07 Å². The van der Waals surface area contributed by atoms with Gasteiger partial charge >= 0.3 is 11.9 Å². The molecule has 0 aliphatic carbocycles. The number of hydrogen-bond donors (Lipinski definition) is 2. The van der Waals surface area contributed by atoms with Gasteiger partial charge in [0.05, 0.1) is 11.6 Å². The van der Waals surface area contributed by atoms with E-state index in [4.69, 9.17) is 25.1 Å². The molecule has 0 atom stereocenters. The molecule has 0 spiro atoms. The number of carboxylic acid groups (broad SMARTS) is 2. The fourth-order valence-corrected chi connectivity index (χ4v) is 3.15. The number of nitrogens with zero attached hydrogens (tertiary/aromatic N) is 4. The van der Waals surface area contributed by atoms with Crippen LogP contribution >= 0.6 is 0 Å². The van der Waals surface area contributed by atoms with E-state index in [1.54, 1.807) is 41.1 Å². The Morgan fingerprint density at radius 2 is 1.41 bits per heavy atom. The highest BCUT2D eigenvalue weighted by molar-refractivity contribution is 6.27. The van der Waals surface area contributed by atoms with Crippen molar-refractivity contribution >= 4 is 23.8 Å². The van der Waals surface area contributed by atoms with Gasteiger partial charge in [0.25, 0.3) is 5.91 Å². The van der Waals surface area contributed by atoms with Crippen LogP contribution in [0.3, 0.4) is 0 Å². The van der Waals surface area contributed by atoms with Crippen molar-refractivity contribution in [1.29, 1.82) is 5.26 Å². The van der Waals surface area contributed by atoms with Gasteiger partial charge in [-0.25, -0.2) is 9.59 Å². The van der Waals surface area contributed by atoms with E-state index in [2.05, 4.69) is 24.8 Å². The third-order valence-corrected chi connectivity index (χ3v) is 5.33. The Morgan fingerprint density at radius 3 is 1.86 bits per heavy atom. The zero-order chi connectivity index (χ0) is 27.1. The van der Waals surface area contributed by atoms with Gasteiger partial charge in [-0.1, -0.05) is 44.2 Å². The van der Waals surface area contributed by atoms with Crippen molar-refractivity contribution in [3.63, 3.8) is 0 Å². The minimum Gasteiger partial charge on any atom is -0.473 e. The summed E-state index contributed by atoms with van der Waals surface area (Å²) in [5.41, 5.74) is 2.02. The van der Waals surface area contributed by atoms with E-state index in [1.165, 1.54) is 0 Å². The van der Waals surface area contributed by atoms with Gasteiger partial charge in [-0.05, 0) is 42.9 Å². The third-order valence-electron chi connectivity index (χ3n) is 5.33. The Hall–Kier alpha value is -4.27. The number of carbonyl (C=O) groups excluding carboxylic acids is 2. The summed E-state index contributed by atoms with van der Waals surface area (Å²) < 4.78 is 0. The fourth-order valence-electron chi connectivity index (χ4n) is 3.15. The minimum atomic E-state index is -1.82. The highest BCUT2D eigenvalue weighted by Crippen LogP contribution is 2.09. The summed E-state index contributed by atoms with van der Waals surface area (Å²) >= 11 is 0. The summed E-state index contributed by atoms with van der Waals surface area (Å²) in [6.07, 6.45) is 0. The van der Waals surface area contributed by atoms with Gasteiger partial charge < -0.3 is 30.4 Å². The van der Waals surface area contributed by atoms with Crippen LogP contribution in [0.1, 0.15) is 35.3 Å². The van der Waals surface area contributed by atoms with Gasteiger partial charge in [0.15, 0.2) is 0 Å². The number of benzene rings is 2. The number of aliphatic carboxylic acids is 2. The topological polar surface area (TPSA) is 174 Å². The average Bonchev–Trinajstić information content (AvgIpc) is 2.88. The van der Waals surface area contributed by atoms with Crippen LogP contribution in [0.4, 0.5) is 0 Å². The van der Waals surface area contributed by atoms with Crippen LogP contribution in [-0.4, -0.2) is 93.9 Å². The summed E-state index contributed by atoms with van der Waals surface area (Å²) in [6, 6.07) is 18.4. The quantitative estimate of drug-likeness (QED) is 0.447. The Morgan fingerprint density at radius 1 is 0.865 bits per heavy atom. The predicted octanol–water partition coefficient (Wildman–Crippen LogP) is 1.33. The number of rotatable bonds is 10. The number of nitriles is 1. The molecule has 0 aliphatic rings. The molecule has 0 aromatic heterocycles. The van der Waals surface area contributed by atoms with Crippen LogP contribution in [0.15, 0.2) is 54.6 Å². The van der Waals surface area contributed by atoms with E-state index < -0.39 is 11.9 Å². The summed E-state index contributed by atoms with van der Waals surface area (Å²) in [7, 11) is 1.75. The number of hydrogen-bond acceptors (Lipinski definition) is 6. The first-order valence-electron chi connectivity index (χ1n) is 11.4. The monoisotopic (exact) mass is 514 g/mol. The first kappa shape index (κ1) is 32.7. The average molecular weight is 515 g/mol. The molecular weight excluding hydrogens is 480 g/mol. The molecule has 0 saturated carbocycles. The van der Waals surface area contributed by atoms with Crippen molar-refractivity contribution in [3.05, 3.63) is 71.3 Å². The van der Waals surface area contributed by atoms with Crippen LogP contribution in [0.2, 0.25) is 0 Å². The summed E-state index contributed by atoms with van der Waals surface area (Å²) in [6.45, 7) is 7.60. The molecule has 4 N–H and O–H groups in total. The fraction of sp³-hybridized carbons (Fsp3) is 0.346. The lowest BCUT2D eigenvalue weighted by molar-refractivity contribution is -0.159. The predicted molar refractivity (Wildman–Crippen MR) is 137 cm³/mol. The summed E-state index contributed by atoms with van der Waals surface area (Å²) in [4.78, 5) is 49.6.